The topological polar surface area (TPSA) is 44.5 Å². The molecule has 0 aliphatic heterocycles. The molecule has 0 saturated heterocycles. The zero-order valence-electron chi connectivity index (χ0n) is 11.2. The summed E-state index contributed by atoms with van der Waals surface area (Å²) < 4.78 is 33.5. The lowest BCUT2D eigenvalue weighted by Crippen LogP contribution is -2.12. The molecule has 0 saturated carbocycles. The SMILES string of the molecule is COc1ccc(C(N)c2ccc(OC(F)F)cc2)cc1Cl. The number of nitrogens with two attached hydrogens (primary N) is 1. The Morgan fingerprint density at radius 1 is 1.05 bits per heavy atom. The van der Waals surface area contributed by atoms with Crippen LogP contribution in [0.3, 0.4) is 0 Å². The molecule has 112 valence electrons. The molecule has 0 aliphatic carbocycles. The van der Waals surface area contributed by atoms with Gasteiger partial charge in [0.15, 0.2) is 0 Å². The first-order valence-electron chi connectivity index (χ1n) is 6.15. The van der Waals surface area contributed by atoms with E-state index in [1.165, 1.54) is 19.2 Å². The summed E-state index contributed by atoms with van der Waals surface area (Å²) in [6, 6.07) is 11.0. The van der Waals surface area contributed by atoms with E-state index in [0.717, 1.165) is 11.1 Å². The average molecular weight is 314 g/mol. The number of benzene rings is 2. The highest BCUT2D eigenvalue weighted by atomic mass is 35.5. The number of hydrogen-bond acceptors (Lipinski definition) is 3. The number of methoxy groups -OCH3 is 1. The molecule has 0 fully saturated rings. The Labute approximate surface area is 126 Å². The van der Waals surface area contributed by atoms with Crippen LogP contribution in [0.5, 0.6) is 11.5 Å². The molecule has 21 heavy (non-hydrogen) atoms. The van der Waals surface area contributed by atoms with Crippen LogP contribution >= 0.6 is 11.6 Å². The van der Waals surface area contributed by atoms with E-state index in [2.05, 4.69) is 4.74 Å². The van der Waals surface area contributed by atoms with Gasteiger partial charge in [-0.05, 0) is 35.4 Å². The smallest absolute Gasteiger partial charge is 0.387 e. The summed E-state index contributed by atoms with van der Waals surface area (Å²) in [6.07, 6.45) is 0. The van der Waals surface area contributed by atoms with Gasteiger partial charge in [0.2, 0.25) is 0 Å². The molecule has 0 radical (unpaired) electrons. The first kappa shape index (κ1) is 15.5. The van der Waals surface area contributed by atoms with Crippen LogP contribution in [0.2, 0.25) is 5.02 Å². The highest BCUT2D eigenvalue weighted by Gasteiger charge is 2.12. The maximum absolute atomic E-state index is 12.1. The van der Waals surface area contributed by atoms with Crippen molar-refractivity contribution in [2.45, 2.75) is 12.7 Å². The van der Waals surface area contributed by atoms with Crippen molar-refractivity contribution in [3.05, 3.63) is 58.6 Å². The van der Waals surface area contributed by atoms with Crippen LogP contribution in [0, 0.1) is 0 Å². The van der Waals surface area contributed by atoms with Gasteiger partial charge in [0.25, 0.3) is 0 Å². The van der Waals surface area contributed by atoms with E-state index in [-0.39, 0.29) is 5.75 Å². The minimum atomic E-state index is -2.84. The second-order valence-electron chi connectivity index (χ2n) is 4.32. The van der Waals surface area contributed by atoms with Crippen LogP contribution in [0.4, 0.5) is 8.78 Å². The monoisotopic (exact) mass is 313 g/mol. The van der Waals surface area contributed by atoms with E-state index < -0.39 is 12.7 Å². The second kappa shape index (κ2) is 6.74. The Hall–Kier alpha value is -1.85. The molecule has 0 aliphatic rings. The highest BCUT2D eigenvalue weighted by molar-refractivity contribution is 6.32. The lowest BCUT2D eigenvalue weighted by molar-refractivity contribution is -0.0498. The Morgan fingerprint density at radius 3 is 2.19 bits per heavy atom. The minimum absolute atomic E-state index is 0.0914. The van der Waals surface area contributed by atoms with Crippen LogP contribution in [0.1, 0.15) is 17.2 Å². The molecule has 2 aromatic rings. The third-order valence-electron chi connectivity index (χ3n) is 3.00. The van der Waals surface area contributed by atoms with Gasteiger partial charge in [-0.2, -0.15) is 8.78 Å². The maximum Gasteiger partial charge on any atom is 0.387 e. The number of alkyl halides is 2. The Kier molecular flexibility index (Phi) is 4.98. The lowest BCUT2D eigenvalue weighted by Gasteiger charge is -2.14. The summed E-state index contributed by atoms with van der Waals surface area (Å²) in [5.74, 6) is 0.655. The van der Waals surface area contributed by atoms with Crippen LogP contribution in [0.15, 0.2) is 42.5 Å². The van der Waals surface area contributed by atoms with Gasteiger partial charge in [-0.1, -0.05) is 29.8 Å². The Bertz CT molecular complexity index is 605. The molecular formula is C15H14ClF2NO2. The number of halogens is 3. The van der Waals surface area contributed by atoms with E-state index in [1.54, 1.807) is 30.3 Å². The number of ether oxygens (including phenoxy) is 2. The highest BCUT2D eigenvalue weighted by Crippen LogP contribution is 2.29. The summed E-state index contributed by atoms with van der Waals surface area (Å²) in [5, 5.41) is 0.461. The fourth-order valence-corrected chi connectivity index (χ4v) is 2.19. The molecule has 0 aromatic heterocycles. The van der Waals surface area contributed by atoms with Crippen molar-refractivity contribution in [1.82, 2.24) is 0 Å². The van der Waals surface area contributed by atoms with Crippen molar-refractivity contribution in [3.8, 4) is 11.5 Å². The summed E-state index contributed by atoms with van der Waals surface area (Å²) >= 11 is 6.06. The van der Waals surface area contributed by atoms with E-state index in [1.807, 2.05) is 0 Å². The van der Waals surface area contributed by atoms with Crippen molar-refractivity contribution in [2.75, 3.05) is 7.11 Å². The number of rotatable bonds is 5. The van der Waals surface area contributed by atoms with Crippen LogP contribution in [0.25, 0.3) is 0 Å². The Morgan fingerprint density at radius 2 is 1.67 bits per heavy atom. The number of hydrogen-bond donors (Lipinski definition) is 1. The van der Waals surface area contributed by atoms with Gasteiger partial charge in [-0.25, -0.2) is 0 Å². The molecular weight excluding hydrogens is 300 g/mol. The molecule has 0 heterocycles. The van der Waals surface area contributed by atoms with Crippen molar-refractivity contribution >= 4 is 11.6 Å². The average Bonchev–Trinajstić information content (AvgIpc) is 2.46. The Balaban J connectivity index is 2.19. The fraction of sp³-hybridized carbons (Fsp3) is 0.200. The summed E-state index contributed by atoms with van der Waals surface area (Å²) in [6.45, 7) is -2.84. The van der Waals surface area contributed by atoms with Gasteiger partial charge in [0, 0.05) is 0 Å². The van der Waals surface area contributed by atoms with E-state index >= 15 is 0 Å². The van der Waals surface area contributed by atoms with E-state index in [9.17, 15) is 8.78 Å². The predicted octanol–water partition coefficient (Wildman–Crippen LogP) is 4.00. The third-order valence-corrected chi connectivity index (χ3v) is 3.29. The minimum Gasteiger partial charge on any atom is -0.495 e. The van der Waals surface area contributed by atoms with Crippen LogP contribution < -0.4 is 15.2 Å². The first-order valence-corrected chi connectivity index (χ1v) is 6.53. The molecule has 1 unspecified atom stereocenters. The lowest BCUT2D eigenvalue weighted by atomic mass is 9.99. The van der Waals surface area contributed by atoms with Crippen molar-refractivity contribution in [2.24, 2.45) is 5.73 Å². The van der Waals surface area contributed by atoms with Crippen molar-refractivity contribution in [1.29, 1.82) is 0 Å². The molecule has 2 rings (SSSR count). The summed E-state index contributed by atoms with van der Waals surface area (Å²) in [4.78, 5) is 0. The first-order chi connectivity index (χ1) is 10.0. The van der Waals surface area contributed by atoms with E-state index in [0.29, 0.717) is 10.8 Å². The van der Waals surface area contributed by atoms with Gasteiger partial charge in [-0.15, -0.1) is 0 Å². The second-order valence-corrected chi connectivity index (χ2v) is 4.73. The molecule has 2 N–H and O–H groups in total. The standard InChI is InChI=1S/C15H14ClF2NO2/c1-20-13-7-4-10(8-12(13)16)14(19)9-2-5-11(6-3-9)21-15(17)18/h2-8,14-15H,19H2,1H3. The molecule has 0 amide bonds. The molecule has 1 atom stereocenters. The summed E-state index contributed by atoms with van der Waals surface area (Å²) in [5.41, 5.74) is 7.70. The van der Waals surface area contributed by atoms with Gasteiger partial charge >= 0.3 is 6.61 Å². The maximum atomic E-state index is 12.1. The molecule has 0 spiro atoms. The summed E-state index contributed by atoms with van der Waals surface area (Å²) in [7, 11) is 1.53. The molecule has 6 heteroatoms. The molecule has 3 nitrogen and oxygen atoms in total. The van der Waals surface area contributed by atoms with Crippen LogP contribution in [-0.4, -0.2) is 13.7 Å². The normalized spacial score (nSPS) is 12.3. The van der Waals surface area contributed by atoms with E-state index in [4.69, 9.17) is 22.1 Å². The van der Waals surface area contributed by atoms with Crippen molar-refractivity contribution < 1.29 is 18.3 Å². The van der Waals surface area contributed by atoms with Crippen LogP contribution in [-0.2, 0) is 0 Å². The molecule has 2 aromatic carbocycles. The predicted molar refractivity (Wildman–Crippen MR) is 77.1 cm³/mol. The fourth-order valence-electron chi connectivity index (χ4n) is 1.93. The zero-order valence-corrected chi connectivity index (χ0v) is 12.0. The van der Waals surface area contributed by atoms with Crippen molar-refractivity contribution in [3.63, 3.8) is 0 Å². The molecule has 0 bridgehead atoms. The van der Waals surface area contributed by atoms with Gasteiger partial charge in [0.1, 0.15) is 11.5 Å². The third kappa shape index (κ3) is 3.83. The quantitative estimate of drug-likeness (QED) is 0.907. The largest absolute Gasteiger partial charge is 0.495 e. The van der Waals surface area contributed by atoms with Gasteiger partial charge < -0.3 is 15.2 Å². The van der Waals surface area contributed by atoms with Gasteiger partial charge in [0.05, 0.1) is 18.2 Å². The van der Waals surface area contributed by atoms with Gasteiger partial charge in [-0.3, -0.25) is 0 Å². The zero-order chi connectivity index (χ0) is 15.4.